The van der Waals surface area contributed by atoms with Gasteiger partial charge >= 0.3 is 5.97 Å². The van der Waals surface area contributed by atoms with Crippen molar-refractivity contribution in [3.05, 3.63) is 45.9 Å². The highest BCUT2D eigenvalue weighted by molar-refractivity contribution is 6.44. The Labute approximate surface area is 165 Å². The molecule has 27 heavy (non-hydrogen) atoms. The number of rotatable bonds is 5. The second-order valence-electron chi connectivity index (χ2n) is 5.43. The fraction of sp³-hybridized carbons (Fsp3) is 0.222. The molecular formula is C18H15Cl2NO6. The molecule has 3 rings (SSSR count). The van der Waals surface area contributed by atoms with Crippen molar-refractivity contribution >= 4 is 40.8 Å². The molecule has 1 heterocycles. The van der Waals surface area contributed by atoms with E-state index in [4.69, 9.17) is 42.1 Å². The first-order valence-electron chi connectivity index (χ1n) is 7.88. The van der Waals surface area contributed by atoms with Crippen LogP contribution >= 0.6 is 23.2 Å². The van der Waals surface area contributed by atoms with Gasteiger partial charge in [0.25, 0.3) is 5.91 Å². The molecule has 0 atom stereocenters. The van der Waals surface area contributed by atoms with Gasteiger partial charge in [0.1, 0.15) is 13.2 Å². The van der Waals surface area contributed by atoms with Crippen LogP contribution in [0.4, 0.5) is 5.69 Å². The van der Waals surface area contributed by atoms with Crippen LogP contribution in [-0.2, 0) is 9.53 Å². The van der Waals surface area contributed by atoms with E-state index in [1.54, 1.807) is 18.2 Å². The van der Waals surface area contributed by atoms with Crippen molar-refractivity contribution in [1.29, 1.82) is 0 Å². The Morgan fingerprint density at radius 1 is 1.19 bits per heavy atom. The number of anilines is 1. The third kappa shape index (κ3) is 4.37. The van der Waals surface area contributed by atoms with E-state index in [1.165, 1.54) is 19.2 Å². The van der Waals surface area contributed by atoms with Gasteiger partial charge in [0.2, 0.25) is 5.75 Å². The lowest BCUT2D eigenvalue weighted by Gasteiger charge is -2.21. The van der Waals surface area contributed by atoms with Crippen LogP contribution in [0.2, 0.25) is 10.0 Å². The maximum Gasteiger partial charge on any atom is 0.338 e. The van der Waals surface area contributed by atoms with Crippen molar-refractivity contribution in [3.63, 3.8) is 0 Å². The number of nitrogens with one attached hydrogen (secondary N) is 1. The Morgan fingerprint density at radius 2 is 1.96 bits per heavy atom. The zero-order valence-electron chi connectivity index (χ0n) is 14.2. The maximum atomic E-state index is 12.3. The van der Waals surface area contributed by atoms with Crippen LogP contribution in [0.5, 0.6) is 17.2 Å². The van der Waals surface area contributed by atoms with Crippen LogP contribution in [0, 0.1) is 0 Å². The molecule has 0 bridgehead atoms. The fourth-order valence-electron chi connectivity index (χ4n) is 2.39. The Balaban J connectivity index is 1.65. The minimum atomic E-state index is -0.711. The molecule has 0 unspecified atom stereocenters. The van der Waals surface area contributed by atoms with Crippen LogP contribution in [0.3, 0.4) is 0 Å². The number of carbonyl (C=O) groups excluding carboxylic acids is 2. The SMILES string of the molecule is COc1cc(C(=O)OCC(=O)Nc2cccc(Cl)c2Cl)cc2c1OCCO2. The second kappa shape index (κ2) is 8.37. The molecule has 0 aliphatic carbocycles. The van der Waals surface area contributed by atoms with E-state index >= 15 is 0 Å². The van der Waals surface area contributed by atoms with Crippen LogP contribution in [-0.4, -0.2) is 38.8 Å². The lowest BCUT2D eigenvalue weighted by molar-refractivity contribution is -0.119. The van der Waals surface area contributed by atoms with Gasteiger partial charge < -0.3 is 24.3 Å². The summed E-state index contributed by atoms with van der Waals surface area (Å²) < 4.78 is 21.2. The van der Waals surface area contributed by atoms with Crippen molar-refractivity contribution in [2.75, 3.05) is 32.2 Å². The van der Waals surface area contributed by atoms with E-state index in [9.17, 15) is 9.59 Å². The molecule has 0 fully saturated rings. The normalized spacial score (nSPS) is 12.3. The molecule has 2 aromatic carbocycles. The molecule has 1 N–H and O–H groups in total. The standard InChI is InChI=1S/C18H15Cl2NO6/c1-24-13-7-10(8-14-17(13)26-6-5-25-14)18(23)27-9-15(22)21-12-4-2-3-11(19)16(12)20/h2-4,7-8H,5-6,9H2,1H3,(H,21,22). The molecule has 7 nitrogen and oxygen atoms in total. The maximum absolute atomic E-state index is 12.3. The summed E-state index contributed by atoms with van der Waals surface area (Å²) in [5.41, 5.74) is 0.496. The second-order valence-corrected chi connectivity index (χ2v) is 6.21. The van der Waals surface area contributed by atoms with E-state index in [0.717, 1.165) is 0 Å². The molecule has 0 aromatic heterocycles. The third-order valence-electron chi connectivity index (χ3n) is 3.62. The number of esters is 1. The van der Waals surface area contributed by atoms with Crippen molar-refractivity contribution in [2.24, 2.45) is 0 Å². The van der Waals surface area contributed by atoms with Crippen molar-refractivity contribution in [1.82, 2.24) is 0 Å². The zero-order chi connectivity index (χ0) is 19.4. The van der Waals surface area contributed by atoms with Gasteiger partial charge in [0.15, 0.2) is 18.1 Å². The zero-order valence-corrected chi connectivity index (χ0v) is 15.7. The molecule has 1 aliphatic heterocycles. The van der Waals surface area contributed by atoms with Crippen molar-refractivity contribution in [2.45, 2.75) is 0 Å². The van der Waals surface area contributed by atoms with E-state index in [-0.39, 0.29) is 10.6 Å². The summed E-state index contributed by atoms with van der Waals surface area (Å²) in [5.74, 6) is -0.125. The molecule has 0 saturated heterocycles. The Bertz CT molecular complexity index is 869. The first-order chi connectivity index (χ1) is 13.0. The number of hydrogen-bond donors (Lipinski definition) is 1. The minimum Gasteiger partial charge on any atom is -0.493 e. The molecule has 1 amide bonds. The lowest BCUT2D eigenvalue weighted by atomic mass is 10.1. The van der Waals surface area contributed by atoms with Gasteiger partial charge in [-0.3, -0.25) is 4.79 Å². The van der Waals surface area contributed by atoms with E-state index in [2.05, 4.69) is 5.32 Å². The van der Waals surface area contributed by atoms with E-state index in [0.29, 0.717) is 41.2 Å². The van der Waals surface area contributed by atoms with Crippen LogP contribution < -0.4 is 19.5 Å². The number of fused-ring (bicyclic) bond motifs is 1. The summed E-state index contributed by atoms with van der Waals surface area (Å²) in [6.45, 7) is 0.245. The number of hydrogen-bond acceptors (Lipinski definition) is 6. The molecule has 0 radical (unpaired) electrons. The van der Waals surface area contributed by atoms with Gasteiger partial charge in [-0.05, 0) is 24.3 Å². The molecule has 1 aliphatic rings. The monoisotopic (exact) mass is 411 g/mol. The van der Waals surface area contributed by atoms with Crippen LogP contribution in [0.15, 0.2) is 30.3 Å². The van der Waals surface area contributed by atoms with Gasteiger partial charge in [0, 0.05) is 0 Å². The molecule has 2 aromatic rings. The minimum absolute atomic E-state index is 0.171. The smallest absolute Gasteiger partial charge is 0.338 e. The Kier molecular flexibility index (Phi) is 5.93. The first kappa shape index (κ1) is 19.1. The average molecular weight is 412 g/mol. The van der Waals surface area contributed by atoms with E-state index < -0.39 is 18.5 Å². The lowest BCUT2D eigenvalue weighted by Crippen LogP contribution is -2.21. The summed E-state index contributed by atoms with van der Waals surface area (Å²) in [6, 6.07) is 7.75. The van der Waals surface area contributed by atoms with Gasteiger partial charge in [-0.25, -0.2) is 4.79 Å². The highest BCUT2D eigenvalue weighted by Crippen LogP contribution is 2.40. The predicted octanol–water partition coefficient (Wildman–Crippen LogP) is 3.57. The Morgan fingerprint density at radius 3 is 2.74 bits per heavy atom. The first-order valence-corrected chi connectivity index (χ1v) is 8.64. The molecular weight excluding hydrogens is 397 g/mol. The van der Waals surface area contributed by atoms with Gasteiger partial charge in [0.05, 0.1) is 28.4 Å². The molecule has 9 heteroatoms. The predicted molar refractivity (Wildman–Crippen MR) is 99.4 cm³/mol. The molecule has 0 spiro atoms. The van der Waals surface area contributed by atoms with Crippen LogP contribution in [0.1, 0.15) is 10.4 Å². The summed E-state index contributed by atoms with van der Waals surface area (Å²) >= 11 is 11.9. The van der Waals surface area contributed by atoms with Crippen molar-refractivity contribution < 1.29 is 28.5 Å². The summed E-state index contributed by atoms with van der Waals surface area (Å²) in [7, 11) is 1.45. The highest BCUT2D eigenvalue weighted by atomic mass is 35.5. The molecule has 0 saturated carbocycles. The number of carbonyl (C=O) groups is 2. The third-order valence-corrected chi connectivity index (χ3v) is 4.44. The van der Waals surface area contributed by atoms with Crippen LogP contribution in [0.25, 0.3) is 0 Å². The molecule has 142 valence electrons. The van der Waals surface area contributed by atoms with E-state index in [1.807, 2.05) is 0 Å². The number of ether oxygens (including phenoxy) is 4. The number of amides is 1. The summed E-state index contributed by atoms with van der Waals surface area (Å²) in [4.78, 5) is 24.3. The summed E-state index contributed by atoms with van der Waals surface area (Å²) in [6.07, 6.45) is 0. The fourth-order valence-corrected chi connectivity index (χ4v) is 2.74. The summed E-state index contributed by atoms with van der Waals surface area (Å²) in [5, 5.41) is 3.03. The van der Waals surface area contributed by atoms with Crippen molar-refractivity contribution in [3.8, 4) is 17.2 Å². The largest absolute Gasteiger partial charge is 0.493 e. The Hall–Kier alpha value is -2.64. The van der Waals surface area contributed by atoms with Gasteiger partial charge in [-0.1, -0.05) is 29.3 Å². The average Bonchev–Trinajstić information content (AvgIpc) is 2.68. The number of halogens is 2. The highest BCUT2D eigenvalue weighted by Gasteiger charge is 2.22. The van der Waals surface area contributed by atoms with Gasteiger partial charge in [-0.15, -0.1) is 0 Å². The quantitative estimate of drug-likeness (QED) is 0.757. The number of benzene rings is 2. The number of methoxy groups -OCH3 is 1. The topological polar surface area (TPSA) is 83.1 Å². The van der Waals surface area contributed by atoms with Gasteiger partial charge in [-0.2, -0.15) is 0 Å².